The minimum absolute atomic E-state index is 0.150. The van der Waals surface area contributed by atoms with E-state index in [-0.39, 0.29) is 5.69 Å². The molecule has 0 atom stereocenters. The van der Waals surface area contributed by atoms with Crippen molar-refractivity contribution in [3.05, 3.63) is 42.1 Å². The molecule has 122 valence electrons. The fraction of sp³-hybridized carbons (Fsp3) is 0.333. The second-order valence-corrected chi connectivity index (χ2v) is 5.91. The van der Waals surface area contributed by atoms with Crippen LogP contribution in [-0.2, 0) is 9.53 Å². The molecule has 6 nitrogen and oxygen atoms in total. The summed E-state index contributed by atoms with van der Waals surface area (Å²) < 4.78 is 5.02. The number of nitriles is 1. The van der Waals surface area contributed by atoms with Crippen molar-refractivity contribution in [2.75, 3.05) is 6.61 Å². The number of nitrogens with one attached hydrogen (secondary N) is 1. The van der Waals surface area contributed by atoms with Crippen LogP contribution in [-0.4, -0.2) is 29.0 Å². The van der Waals surface area contributed by atoms with Gasteiger partial charge in [0.05, 0.1) is 11.6 Å². The average molecular weight is 323 g/mol. The van der Waals surface area contributed by atoms with Crippen molar-refractivity contribution < 1.29 is 14.3 Å². The molecule has 1 aromatic heterocycles. The van der Waals surface area contributed by atoms with Crippen LogP contribution in [0, 0.1) is 11.3 Å². The summed E-state index contributed by atoms with van der Waals surface area (Å²) in [6.45, 7) is -0.420. The molecule has 2 aromatic rings. The monoisotopic (exact) mass is 323 g/mol. The zero-order valence-electron chi connectivity index (χ0n) is 13.1. The van der Waals surface area contributed by atoms with E-state index >= 15 is 0 Å². The lowest BCUT2D eigenvalue weighted by Crippen LogP contribution is -2.46. The lowest BCUT2D eigenvalue weighted by molar-refractivity contribution is -0.125. The van der Waals surface area contributed by atoms with E-state index in [4.69, 9.17) is 4.74 Å². The van der Waals surface area contributed by atoms with Crippen LogP contribution in [0.1, 0.15) is 36.2 Å². The lowest BCUT2D eigenvalue weighted by atomic mass is 10.00. The number of amides is 1. The molecule has 3 rings (SSSR count). The molecule has 0 radical (unpaired) electrons. The molecule has 24 heavy (non-hydrogen) atoms. The molecule has 0 aliphatic heterocycles. The summed E-state index contributed by atoms with van der Waals surface area (Å²) in [6, 6.07) is 12.9. The van der Waals surface area contributed by atoms with Gasteiger partial charge in [0, 0.05) is 5.39 Å². The largest absolute Gasteiger partial charge is 0.451 e. The Bertz CT molecular complexity index is 820. The Hall–Kier alpha value is -2.94. The van der Waals surface area contributed by atoms with E-state index in [1.54, 1.807) is 18.2 Å². The van der Waals surface area contributed by atoms with Crippen LogP contribution in [0.5, 0.6) is 0 Å². The third kappa shape index (κ3) is 3.35. The van der Waals surface area contributed by atoms with Crippen LogP contribution in [0.2, 0.25) is 0 Å². The maximum absolute atomic E-state index is 12.0. The number of rotatable bonds is 4. The van der Waals surface area contributed by atoms with Gasteiger partial charge >= 0.3 is 5.97 Å². The van der Waals surface area contributed by atoms with Gasteiger partial charge in [0.15, 0.2) is 6.61 Å². The first-order valence-corrected chi connectivity index (χ1v) is 7.87. The van der Waals surface area contributed by atoms with Crippen LogP contribution in [0.15, 0.2) is 36.4 Å². The highest BCUT2D eigenvalue weighted by molar-refractivity contribution is 5.92. The molecule has 0 saturated heterocycles. The molecular formula is C18H17N3O3. The molecule has 1 amide bonds. The fourth-order valence-corrected chi connectivity index (χ4v) is 2.93. The number of carbonyl (C=O) groups is 2. The molecule has 1 saturated carbocycles. The quantitative estimate of drug-likeness (QED) is 0.872. The third-order valence-corrected chi connectivity index (χ3v) is 4.19. The van der Waals surface area contributed by atoms with Gasteiger partial charge in [0.1, 0.15) is 11.2 Å². The van der Waals surface area contributed by atoms with Crippen molar-refractivity contribution in [2.45, 2.75) is 31.2 Å². The van der Waals surface area contributed by atoms with Crippen LogP contribution in [0.4, 0.5) is 0 Å². The van der Waals surface area contributed by atoms with E-state index in [0.29, 0.717) is 18.4 Å². The lowest BCUT2D eigenvalue weighted by Gasteiger charge is -2.21. The number of esters is 1. The minimum atomic E-state index is -0.815. The van der Waals surface area contributed by atoms with Gasteiger partial charge in [-0.15, -0.1) is 0 Å². The zero-order chi connectivity index (χ0) is 17.0. The van der Waals surface area contributed by atoms with Gasteiger partial charge in [-0.3, -0.25) is 4.79 Å². The predicted molar refractivity (Wildman–Crippen MR) is 87.0 cm³/mol. The fourth-order valence-electron chi connectivity index (χ4n) is 2.93. The van der Waals surface area contributed by atoms with Crippen molar-refractivity contribution in [3.63, 3.8) is 0 Å². The van der Waals surface area contributed by atoms with Crippen molar-refractivity contribution in [1.29, 1.82) is 5.26 Å². The molecule has 6 heteroatoms. The number of fused-ring (bicyclic) bond motifs is 1. The third-order valence-electron chi connectivity index (χ3n) is 4.19. The highest BCUT2D eigenvalue weighted by Crippen LogP contribution is 2.28. The maximum Gasteiger partial charge on any atom is 0.357 e. The number of carbonyl (C=O) groups excluding carboxylic acids is 2. The minimum Gasteiger partial charge on any atom is -0.451 e. The number of benzene rings is 1. The summed E-state index contributed by atoms with van der Waals surface area (Å²) >= 11 is 0. The van der Waals surface area contributed by atoms with Crippen molar-refractivity contribution in [2.24, 2.45) is 0 Å². The Morgan fingerprint density at radius 3 is 2.71 bits per heavy atom. The first-order valence-electron chi connectivity index (χ1n) is 7.87. The average Bonchev–Trinajstić information content (AvgIpc) is 3.08. The Morgan fingerprint density at radius 1 is 1.21 bits per heavy atom. The number of ether oxygens (including phenoxy) is 1. The number of hydrogen-bond donors (Lipinski definition) is 1. The van der Waals surface area contributed by atoms with Crippen LogP contribution in [0.3, 0.4) is 0 Å². The maximum atomic E-state index is 12.0. The number of hydrogen-bond acceptors (Lipinski definition) is 5. The van der Waals surface area contributed by atoms with Gasteiger partial charge in [-0.25, -0.2) is 9.78 Å². The van der Waals surface area contributed by atoms with E-state index in [2.05, 4.69) is 16.4 Å². The molecule has 0 unspecified atom stereocenters. The van der Waals surface area contributed by atoms with Crippen molar-refractivity contribution >= 4 is 22.8 Å². The van der Waals surface area contributed by atoms with Crippen LogP contribution < -0.4 is 5.32 Å². The molecule has 1 N–H and O–H groups in total. The molecule has 0 spiro atoms. The smallest absolute Gasteiger partial charge is 0.357 e. The standard InChI is InChI=1S/C18H17N3O3/c19-12-18(9-3-4-10-18)21-16(22)11-24-17(23)15-8-7-13-5-1-2-6-14(13)20-15/h1-2,5-8H,3-4,9-11H2,(H,21,22). The van der Waals surface area contributed by atoms with Gasteiger partial charge < -0.3 is 10.1 Å². The summed E-state index contributed by atoms with van der Waals surface area (Å²) in [5.41, 5.74) is 0.0215. The van der Waals surface area contributed by atoms with Crippen LogP contribution >= 0.6 is 0 Å². The number of nitrogens with zero attached hydrogens (tertiary/aromatic N) is 2. The van der Waals surface area contributed by atoms with Gasteiger partial charge in [0.2, 0.25) is 0 Å². The first-order chi connectivity index (χ1) is 11.6. The topological polar surface area (TPSA) is 92.1 Å². The summed E-state index contributed by atoms with van der Waals surface area (Å²) in [6.07, 6.45) is 3.09. The van der Waals surface area contributed by atoms with Crippen LogP contribution in [0.25, 0.3) is 10.9 Å². The van der Waals surface area contributed by atoms with E-state index in [1.165, 1.54) is 0 Å². The number of pyridine rings is 1. The number of aromatic nitrogens is 1. The molecular weight excluding hydrogens is 306 g/mol. The summed E-state index contributed by atoms with van der Waals surface area (Å²) in [7, 11) is 0. The predicted octanol–water partition coefficient (Wildman–Crippen LogP) is 2.34. The molecule has 1 aliphatic rings. The Morgan fingerprint density at radius 2 is 1.96 bits per heavy atom. The Balaban J connectivity index is 1.60. The van der Waals surface area contributed by atoms with Crippen molar-refractivity contribution in [3.8, 4) is 6.07 Å². The van der Waals surface area contributed by atoms with Gasteiger partial charge in [0.25, 0.3) is 5.91 Å². The van der Waals surface area contributed by atoms with Gasteiger partial charge in [-0.2, -0.15) is 5.26 Å². The Labute approximate surface area is 139 Å². The van der Waals surface area contributed by atoms with E-state index in [1.807, 2.05) is 18.2 Å². The highest BCUT2D eigenvalue weighted by Gasteiger charge is 2.35. The zero-order valence-corrected chi connectivity index (χ0v) is 13.1. The van der Waals surface area contributed by atoms with E-state index < -0.39 is 24.0 Å². The molecule has 1 aliphatic carbocycles. The molecule has 1 heterocycles. The normalized spacial score (nSPS) is 15.6. The summed E-state index contributed by atoms with van der Waals surface area (Å²) in [4.78, 5) is 28.2. The summed E-state index contributed by atoms with van der Waals surface area (Å²) in [5, 5.41) is 12.8. The first kappa shape index (κ1) is 15.9. The molecule has 1 aromatic carbocycles. The second-order valence-electron chi connectivity index (χ2n) is 5.91. The molecule has 1 fully saturated rings. The van der Waals surface area contributed by atoms with E-state index in [0.717, 1.165) is 18.2 Å². The highest BCUT2D eigenvalue weighted by atomic mass is 16.5. The SMILES string of the molecule is N#CC1(NC(=O)COC(=O)c2ccc3ccccc3n2)CCCC1. The molecule has 0 bridgehead atoms. The number of para-hydroxylation sites is 1. The van der Waals surface area contributed by atoms with E-state index in [9.17, 15) is 14.9 Å². The van der Waals surface area contributed by atoms with Gasteiger partial charge in [-0.1, -0.05) is 24.3 Å². The Kier molecular flexibility index (Phi) is 4.43. The second kappa shape index (κ2) is 6.67. The van der Waals surface area contributed by atoms with Gasteiger partial charge in [-0.05, 0) is 37.8 Å². The summed E-state index contributed by atoms with van der Waals surface area (Å²) in [5.74, 6) is -1.12. The van der Waals surface area contributed by atoms with Crippen molar-refractivity contribution in [1.82, 2.24) is 10.3 Å².